The van der Waals surface area contributed by atoms with Gasteiger partial charge < -0.3 is 9.64 Å². The lowest BCUT2D eigenvalue weighted by molar-refractivity contribution is -0.0257. The lowest BCUT2D eigenvalue weighted by atomic mass is 10.1. The number of pyridine rings is 1. The topological polar surface area (TPSA) is 85.5 Å². The van der Waals surface area contributed by atoms with Crippen molar-refractivity contribution in [2.24, 2.45) is 0 Å². The van der Waals surface area contributed by atoms with E-state index in [1.807, 2.05) is 48.2 Å². The molecule has 1 atom stereocenters. The van der Waals surface area contributed by atoms with Crippen molar-refractivity contribution < 1.29 is 9.53 Å². The second-order valence-electron chi connectivity index (χ2n) is 6.82. The molecule has 0 spiro atoms. The van der Waals surface area contributed by atoms with Crippen LogP contribution < -0.4 is 0 Å². The molecule has 8 heteroatoms. The molecule has 1 amide bonds. The molecule has 0 N–H and O–H groups in total. The SMILES string of the molecule is Cc1cc(C2CN(C(=O)c3ccc4ncccc4c3)CCO2)n2ncnc2n1. The van der Waals surface area contributed by atoms with Gasteiger partial charge in [-0.25, -0.2) is 4.98 Å². The Morgan fingerprint density at radius 3 is 3.07 bits per heavy atom. The van der Waals surface area contributed by atoms with E-state index in [1.165, 1.54) is 6.33 Å². The van der Waals surface area contributed by atoms with E-state index < -0.39 is 0 Å². The number of amides is 1. The van der Waals surface area contributed by atoms with Crippen molar-refractivity contribution in [3.63, 3.8) is 0 Å². The van der Waals surface area contributed by atoms with Crippen LogP contribution in [0.2, 0.25) is 0 Å². The quantitative estimate of drug-likeness (QED) is 0.535. The van der Waals surface area contributed by atoms with Crippen molar-refractivity contribution in [3.8, 4) is 0 Å². The van der Waals surface area contributed by atoms with Gasteiger partial charge in [-0.05, 0) is 37.3 Å². The van der Waals surface area contributed by atoms with E-state index in [1.54, 1.807) is 10.7 Å². The molecule has 4 heterocycles. The van der Waals surface area contributed by atoms with Crippen LogP contribution in [-0.2, 0) is 4.74 Å². The molecule has 8 nitrogen and oxygen atoms in total. The van der Waals surface area contributed by atoms with Gasteiger partial charge in [0.2, 0.25) is 0 Å². The minimum atomic E-state index is -0.286. The largest absolute Gasteiger partial charge is 0.368 e. The number of rotatable bonds is 2. The maximum atomic E-state index is 13.1. The van der Waals surface area contributed by atoms with Crippen molar-refractivity contribution in [1.29, 1.82) is 0 Å². The first-order valence-corrected chi connectivity index (χ1v) is 9.12. The smallest absolute Gasteiger partial charge is 0.254 e. The summed E-state index contributed by atoms with van der Waals surface area (Å²) >= 11 is 0. The molecule has 1 aliphatic rings. The fourth-order valence-electron chi connectivity index (χ4n) is 3.59. The van der Waals surface area contributed by atoms with E-state index in [2.05, 4.69) is 20.1 Å². The second-order valence-corrected chi connectivity index (χ2v) is 6.82. The monoisotopic (exact) mass is 374 g/mol. The highest BCUT2D eigenvalue weighted by Gasteiger charge is 2.28. The Kier molecular flexibility index (Phi) is 3.98. The molecular weight excluding hydrogens is 356 g/mol. The maximum absolute atomic E-state index is 13.1. The highest BCUT2D eigenvalue weighted by atomic mass is 16.5. The summed E-state index contributed by atoms with van der Waals surface area (Å²) in [7, 11) is 0. The number of hydrogen-bond acceptors (Lipinski definition) is 6. The highest BCUT2D eigenvalue weighted by molar-refractivity contribution is 5.98. The fourth-order valence-corrected chi connectivity index (χ4v) is 3.59. The first-order chi connectivity index (χ1) is 13.7. The number of benzene rings is 1. The third-order valence-corrected chi connectivity index (χ3v) is 4.94. The zero-order valence-corrected chi connectivity index (χ0v) is 15.3. The van der Waals surface area contributed by atoms with Gasteiger partial charge in [-0.15, -0.1) is 0 Å². The molecule has 0 radical (unpaired) electrons. The van der Waals surface area contributed by atoms with Crippen LogP contribution in [0.3, 0.4) is 0 Å². The number of nitrogens with zero attached hydrogens (tertiary/aromatic N) is 6. The molecule has 5 rings (SSSR count). The average molecular weight is 374 g/mol. The van der Waals surface area contributed by atoms with Gasteiger partial charge in [0.05, 0.1) is 24.4 Å². The molecule has 4 aromatic rings. The zero-order valence-electron chi connectivity index (χ0n) is 15.3. The lowest BCUT2D eigenvalue weighted by Gasteiger charge is -2.33. The fraction of sp³-hybridized carbons (Fsp3) is 0.250. The predicted octanol–water partition coefficient (Wildman–Crippen LogP) is 2.19. The van der Waals surface area contributed by atoms with E-state index in [-0.39, 0.29) is 12.0 Å². The summed E-state index contributed by atoms with van der Waals surface area (Å²) in [4.78, 5) is 27.8. The molecule has 1 aromatic carbocycles. The van der Waals surface area contributed by atoms with E-state index in [0.29, 0.717) is 31.0 Å². The Labute approximate surface area is 160 Å². The summed E-state index contributed by atoms with van der Waals surface area (Å²) in [6, 6.07) is 11.4. The van der Waals surface area contributed by atoms with Crippen molar-refractivity contribution in [2.45, 2.75) is 13.0 Å². The molecule has 0 aliphatic carbocycles. The van der Waals surface area contributed by atoms with E-state index in [0.717, 1.165) is 22.3 Å². The number of fused-ring (bicyclic) bond motifs is 2. The van der Waals surface area contributed by atoms with Crippen LogP contribution in [0.5, 0.6) is 0 Å². The Morgan fingerprint density at radius 1 is 1.21 bits per heavy atom. The van der Waals surface area contributed by atoms with Crippen LogP contribution in [0, 0.1) is 6.92 Å². The number of morpholine rings is 1. The van der Waals surface area contributed by atoms with Gasteiger partial charge in [-0.2, -0.15) is 14.6 Å². The molecule has 1 saturated heterocycles. The van der Waals surface area contributed by atoms with Crippen LogP contribution in [0.1, 0.15) is 27.8 Å². The predicted molar refractivity (Wildman–Crippen MR) is 102 cm³/mol. The number of aryl methyl sites for hydroxylation is 1. The van der Waals surface area contributed by atoms with Crippen LogP contribution in [0.25, 0.3) is 16.7 Å². The van der Waals surface area contributed by atoms with Crippen molar-refractivity contribution in [1.82, 2.24) is 29.5 Å². The number of ether oxygens (including phenoxy) is 1. The first kappa shape index (κ1) is 16.8. The molecule has 0 saturated carbocycles. The third-order valence-electron chi connectivity index (χ3n) is 4.94. The number of carbonyl (C=O) groups is 1. The summed E-state index contributed by atoms with van der Waals surface area (Å²) in [6.07, 6.45) is 2.93. The van der Waals surface area contributed by atoms with Crippen LogP contribution in [-0.4, -0.2) is 55.1 Å². The van der Waals surface area contributed by atoms with E-state index >= 15 is 0 Å². The Balaban J connectivity index is 1.44. The van der Waals surface area contributed by atoms with Gasteiger partial charge in [-0.1, -0.05) is 6.07 Å². The molecular formula is C20H18N6O2. The number of hydrogen-bond donors (Lipinski definition) is 0. The summed E-state index contributed by atoms with van der Waals surface area (Å²) in [5.74, 6) is 0.517. The van der Waals surface area contributed by atoms with Gasteiger partial charge in [0, 0.05) is 29.4 Å². The minimum absolute atomic E-state index is 0.0142. The van der Waals surface area contributed by atoms with E-state index in [4.69, 9.17) is 4.74 Å². The molecule has 140 valence electrons. The molecule has 1 aliphatic heterocycles. The summed E-state index contributed by atoms with van der Waals surface area (Å²) in [5, 5.41) is 5.20. The van der Waals surface area contributed by atoms with Crippen molar-refractivity contribution in [2.75, 3.05) is 19.7 Å². The Hall–Kier alpha value is -3.39. The standard InChI is InChI=1S/C20H18N6O2/c1-13-9-17(26-20(24-13)22-12-23-26)18-11-25(7-8-28-18)19(27)15-4-5-16-14(10-15)3-2-6-21-16/h2-6,9-10,12,18H,7-8,11H2,1H3. The van der Waals surface area contributed by atoms with Crippen LogP contribution in [0.4, 0.5) is 0 Å². The van der Waals surface area contributed by atoms with Crippen LogP contribution >= 0.6 is 0 Å². The molecule has 1 fully saturated rings. The summed E-state index contributed by atoms with van der Waals surface area (Å²) < 4.78 is 7.64. The average Bonchev–Trinajstić information content (AvgIpc) is 3.20. The normalized spacial score (nSPS) is 17.3. The first-order valence-electron chi connectivity index (χ1n) is 9.12. The van der Waals surface area contributed by atoms with Crippen molar-refractivity contribution in [3.05, 3.63) is 65.9 Å². The molecule has 28 heavy (non-hydrogen) atoms. The lowest BCUT2D eigenvalue weighted by Crippen LogP contribution is -2.42. The third kappa shape index (κ3) is 2.87. The molecule has 0 bridgehead atoms. The Morgan fingerprint density at radius 2 is 2.14 bits per heavy atom. The van der Waals surface area contributed by atoms with Gasteiger partial charge in [0.1, 0.15) is 12.4 Å². The number of aromatic nitrogens is 5. The Bertz CT molecular complexity index is 1190. The minimum Gasteiger partial charge on any atom is -0.368 e. The molecule has 1 unspecified atom stereocenters. The number of carbonyl (C=O) groups excluding carboxylic acids is 1. The van der Waals surface area contributed by atoms with Crippen molar-refractivity contribution >= 4 is 22.6 Å². The van der Waals surface area contributed by atoms with Gasteiger partial charge in [0.15, 0.2) is 0 Å². The highest BCUT2D eigenvalue weighted by Crippen LogP contribution is 2.24. The second kappa shape index (κ2) is 6.65. The molecule has 3 aromatic heterocycles. The van der Waals surface area contributed by atoms with Crippen LogP contribution in [0.15, 0.2) is 48.9 Å². The summed E-state index contributed by atoms with van der Waals surface area (Å²) in [5.41, 5.74) is 3.21. The zero-order chi connectivity index (χ0) is 19.1. The van der Waals surface area contributed by atoms with Gasteiger partial charge >= 0.3 is 0 Å². The van der Waals surface area contributed by atoms with Gasteiger partial charge in [0.25, 0.3) is 11.7 Å². The van der Waals surface area contributed by atoms with Gasteiger partial charge in [-0.3, -0.25) is 9.78 Å². The maximum Gasteiger partial charge on any atom is 0.254 e. The van der Waals surface area contributed by atoms with E-state index in [9.17, 15) is 4.79 Å². The summed E-state index contributed by atoms with van der Waals surface area (Å²) in [6.45, 7) is 3.36.